The molecule has 1 N–H and O–H groups in total. The number of carbonyl (C=O) groups excluding carboxylic acids is 1. The fraction of sp³-hybridized carbons (Fsp3) is 0.438. The van der Waals surface area contributed by atoms with Crippen molar-refractivity contribution in [2.24, 2.45) is 11.8 Å². The maximum Gasteiger partial charge on any atom is 0.330 e. The van der Waals surface area contributed by atoms with Gasteiger partial charge in [0.25, 0.3) is 0 Å². The molecule has 0 aliphatic rings. The Labute approximate surface area is 132 Å². The second-order valence-electron chi connectivity index (χ2n) is 5.46. The zero-order chi connectivity index (χ0) is 16.8. The number of rotatable bonds is 7. The lowest BCUT2D eigenvalue weighted by atomic mass is 9.96. The molecule has 1 atom stereocenters. The number of carbonyl (C=O) groups is 1. The van der Waals surface area contributed by atoms with Crippen LogP contribution in [-0.2, 0) is 19.6 Å². The molecular weight excluding hydrogens is 302 g/mol. The summed E-state index contributed by atoms with van der Waals surface area (Å²) in [4.78, 5) is 11.4. The summed E-state index contributed by atoms with van der Waals surface area (Å²) in [5.74, 6) is -0.368. The Balaban J connectivity index is 2.77. The predicted octanol–water partition coefficient (Wildman–Crippen LogP) is 2.27. The van der Waals surface area contributed by atoms with E-state index in [1.807, 2.05) is 20.8 Å². The van der Waals surface area contributed by atoms with Crippen LogP contribution in [0.2, 0.25) is 0 Å². The number of ether oxygens (including phenoxy) is 1. The van der Waals surface area contributed by atoms with Crippen LogP contribution >= 0.6 is 0 Å². The van der Waals surface area contributed by atoms with E-state index in [-0.39, 0.29) is 23.3 Å². The van der Waals surface area contributed by atoms with Gasteiger partial charge in [0.15, 0.2) is 0 Å². The molecule has 0 bridgehead atoms. The minimum absolute atomic E-state index is 0.0978. The number of benzene rings is 1. The van der Waals surface area contributed by atoms with Crippen molar-refractivity contribution in [2.75, 3.05) is 13.7 Å². The summed E-state index contributed by atoms with van der Waals surface area (Å²) in [6.07, 6.45) is 3.00. The van der Waals surface area contributed by atoms with Crippen LogP contribution in [-0.4, -0.2) is 28.0 Å². The van der Waals surface area contributed by atoms with Crippen LogP contribution in [0.4, 0.5) is 0 Å². The summed E-state index contributed by atoms with van der Waals surface area (Å²) < 4.78 is 31.6. The summed E-state index contributed by atoms with van der Waals surface area (Å²) >= 11 is 0. The van der Waals surface area contributed by atoms with Crippen LogP contribution in [0.1, 0.15) is 19.4 Å². The average molecular weight is 325 g/mol. The maximum atomic E-state index is 12.2. The van der Waals surface area contributed by atoms with Crippen LogP contribution in [0.5, 0.6) is 0 Å². The van der Waals surface area contributed by atoms with Gasteiger partial charge in [-0.15, -0.1) is 0 Å². The van der Waals surface area contributed by atoms with Crippen molar-refractivity contribution in [3.63, 3.8) is 0 Å². The van der Waals surface area contributed by atoms with Crippen LogP contribution in [0.25, 0.3) is 0 Å². The highest BCUT2D eigenvalue weighted by Crippen LogP contribution is 2.14. The molecule has 0 fully saturated rings. The van der Waals surface area contributed by atoms with E-state index in [2.05, 4.69) is 9.46 Å². The Bertz CT molecular complexity index is 618. The fourth-order valence-corrected chi connectivity index (χ4v) is 2.88. The molecule has 0 heterocycles. The normalized spacial score (nSPS) is 13.5. The lowest BCUT2D eigenvalue weighted by Crippen LogP contribution is -2.30. The second-order valence-corrected chi connectivity index (χ2v) is 7.22. The van der Waals surface area contributed by atoms with Gasteiger partial charge in [0.05, 0.1) is 12.0 Å². The molecule has 1 rings (SSSR count). The van der Waals surface area contributed by atoms with E-state index in [9.17, 15) is 13.2 Å². The minimum atomic E-state index is -3.55. The van der Waals surface area contributed by atoms with Gasteiger partial charge >= 0.3 is 5.97 Å². The highest BCUT2D eigenvalue weighted by atomic mass is 32.2. The SMILES string of the molecule is COC(=O)/C=C\[C@H](CNS(=O)(=O)c1ccc(C)cc1)C(C)C. The standard InChI is InChI=1S/C16H23NO4S/c1-12(2)14(7-10-16(18)21-4)11-17-22(19,20)15-8-5-13(3)6-9-15/h5-10,12,14,17H,11H2,1-4H3/b10-7-/t14-/m1/s1. The van der Waals surface area contributed by atoms with E-state index in [4.69, 9.17) is 0 Å². The molecule has 0 saturated heterocycles. The first-order valence-electron chi connectivity index (χ1n) is 7.08. The number of hydrogen-bond donors (Lipinski definition) is 1. The van der Waals surface area contributed by atoms with E-state index >= 15 is 0 Å². The van der Waals surface area contributed by atoms with Crippen LogP contribution < -0.4 is 4.72 Å². The molecule has 22 heavy (non-hydrogen) atoms. The van der Waals surface area contributed by atoms with E-state index in [0.29, 0.717) is 0 Å². The van der Waals surface area contributed by atoms with Gasteiger partial charge in [-0.1, -0.05) is 37.6 Å². The Morgan fingerprint density at radius 3 is 2.36 bits per heavy atom. The van der Waals surface area contributed by atoms with Gasteiger partial charge in [0, 0.05) is 12.6 Å². The van der Waals surface area contributed by atoms with Gasteiger partial charge in [-0.05, 0) is 30.9 Å². The van der Waals surface area contributed by atoms with Crippen LogP contribution in [0, 0.1) is 18.8 Å². The van der Waals surface area contributed by atoms with Crippen LogP contribution in [0.3, 0.4) is 0 Å². The Morgan fingerprint density at radius 2 is 1.86 bits per heavy atom. The molecule has 6 heteroatoms. The van der Waals surface area contributed by atoms with Gasteiger partial charge in [-0.25, -0.2) is 17.9 Å². The van der Waals surface area contributed by atoms with Crippen molar-refractivity contribution in [3.05, 3.63) is 42.0 Å². The first-order valence-corrected chi connectivity index (χ1v) is 8.57. The number of sulfonamides is 1. The molecule has 0 aliphatic carbocycles. The van der Waals surface area contributed by atoms with Gasteiger partial charge in [0.2, 0.25) is 10.0 Å². The number of hydrogen-bond acceptors (Lipinski definition) is 4. The first kappa shape index (κ1) is 18.4. The zero-order valence-electron chi connectivity index (χ0n) is 13.4. The third-order valence-corrected chi connectivity index (χ3v) is 4.82. The van der Waals surface area contributed by atoms with E-state index < -0.39 is 16.0 Å². The highest BCUT2D eigenvalue weighted by molar-refractivity contribution is 7.89. The topological polar surface area (TPSA) is 72.5 Å². The lowest BCUT2D eigenvalue weighted by molar-refractivity contribution is -0.134. The lowest BCUT2D eigenvalue weighted by Gasteiger charge is -2.17. The Hall–Kier alpha value is -1.66. The van der Waals surface area contributed by atoms with Crippen LogP contribution in [0.15, 0.2) is 41.3 Å². The van der Waals surface area contributed by atoms with E-state index in [1.165, 1.54) is 13.2 Å². The van der Waals surface area contributed by atoms with Crippen molar-refractivity contribution in [1.29, 1.82) is 0 Å². The zero-order valence-corrected chi connectivity index (χ0v) is 14.2. The van der Waals surface area contributed by atoms with Gasteiger partial charge < -0.3 is 4.74 Å². The number of nitrogens with one attached hydrogen (secondary N) is 1. The highest BCUT2D eigenvalue weighted by Gasteiger charge is 2.17. The molecule has 122 valence electrons. The third kappa shape index (κ3) is 5.61. The van der Waals surface area contributed by atoms with Crippen molar-refractivity contribution < 1.29 is 17.9 Å². The first-order chi connectivity index (χ1) is 10.3. The smallest absolute Gasteiger partial charge is 0.330 e. The number of aryl methyl sites for hydroxylation is 1. The Morgan fingerprint density at radius 1 is 1.27 bits per heavy atom. The third-order valence-electron chi connectivity index (χ3n) is 3.38. The molecule has 0 saturated carbocycles. The molecule has 0 amide bonds. The molecule has 0 unspecified atom stereocenters. The molecule has 0 aliphatic heterocycles. The number of methoxy groups -OCH3 is 1. The molecule has 1 aromatic carbocycles. The molecule has 5 nitrogen and oxygen atoms in total. The van der Waals surface area contributed by atoms with Crippen molar-refractivity contribution in [3.8, 4) is 0 Å². The van der Waals surface area contributed by atoms with Crippen molar-refractivity contribution in [1.82, 2.24) is 4.72 Å². The van der Waals surface area contributed by atoms with E-state index in [0.717, 1.165) is 5.56 Å². The second kappa shape index (κ2) is 8.10. The molecule has 0 radical (unpaired) electrons. The fourth-order valence-electron chi connectivity index (χ4n) is 1.80. The monoisotopic (exact) mass is 325 g/mol. The predicted molar refractivity (Wildman–Crippen MR) is 85.9 cm³/mol. The van der Waals surface area contributed by atoms with Gasteiger partial charge in [0.1, 0.15) is 0 Å². The average Bonchev–Trinajstić information content (AvgIpc) is 2.46. The summed E-state index contributed by atoms with van der Waals surface area (Å²) in [5, 5.41) is 0. The maximum absolute atomic E-state index is 12.2. The molecule has 0 aromatic heterocycles. The van der Waals surface area contributed by atoms with Gasteiger partial charge in [-0.2, -0.15) is 0 Å². The summed E-state index contributed by atoms with van der Waals surface area (Å²) in [5.41, 5.74) is 1.00. The summed E-state index contributed by atoms with van der Waals surface area (Å²) in [7, 11) is -2.25. The quantitative estimate of drug-likeness (QED) is 0.616. The van der Waals surface area contributed by atoms with Crippen molar-refractivity contribution in [2.45, 2.75) is 25.7 Å². The molecular formula is C16H23NO4S. The van der Waals surface area contributed by atoms with Gasteiger partial charge in [-0.3, -0.25) is 0 Å². The minimum Gasteiger partial charge on any atom is -0.466 e. The summed E-state index contributed by atoms with van der Waals surface area (Å²) in [6.45, 7) is 6.05. The molecule has 1 aromatic rings. The summed E-state index contributed by atoms with van der Waals surface area (Å²) in [6, 6.07) is 6.66. The van der Waals surface area contributed by atoms with Crippen molar-refractivity contribution >= 4 is 16.0 Å². The van der Waals surface area contributed by atoms with E-state index in [1.54, 1.807) is 30.3 Å². The molecule has 0 spiro atoms. The number of esters is 1. The Kier molecular flexibility index (Phi) is 6.77. The largest absolute Gasteiger partial charge is 0.466 e.